The van der Waals surface area contributed by atoms with Crippen molar-refractivity contribution in [2.45, 2.75) is 29.4 Å². The molecule has 1 saturated heterocycles. The van der Waals surface area contributed by atoms with E-state index in [9.17, 15) is 4.79 Å². The Balaban J connectivity index is 2.38. The number of halogens is 2. The van der Waals surface area contributed by atoms with E-state index < -0.39 is 10.3 Å². The Hall–Kier alpha value is -0.0500. The number of fused-ring (bicyclic) bond motifs is 2. The van der Waals surface area contributed by atoms with Crippen molar-refractivity contribution in [1.29, 1.82) is 0 Å². The lowest BCUT2D eigenvalue weighted by Crippen LogP contribution is -2.53. The van der Waals surface area contributed by atoms with Crippen LogP contribution in [0.2, 0.25) is 0 Å². The van der Waals surface area contributed by atoms with Crippen LogP contribution in [0.5, 0.6) is 0 Å². The second-order valence-corrected chi connectivity index (χ2v) is 4.50. The van der Waals surface area contributed by atoms with Crippen molar-refractivity contribution < 1.29 is 9.53 Å². The fourth-order valence-electron chi connectivity index (χ4n) is 1.50. The highest BCUT2D eigenvalue weighted by Gasteiger charge is 2.52. The average Bonchev–Trinajstić information content (AvgIpc) is 2.46. The molecule has 0 saturated carbocycles. The molecule has 2 nitrogen and oxygen atoms in total. The van der Waals surface area contributed by atoms with Gasteiger partial charge in [0, 0.05) is 0 Å². The Morgan fingerprint density at radius 1 is 1.58 bits per heavy atom. The summed E-state index contributed by atoms with van der Waals surface area (Å²) in [5.74, 6) is -0.142. The van der Waals surface area contributed by atoms with E-state index in [0.29, 0.717) is 0 Å². The lowest BCUT2D eigenvalue weighted by molar-refractivity contribution is -0.132. The summed E-state index contributed by atoms with van der Waals surface area (Å²) in [5.41, 5.74) is 0. The zero-order chi connectivity index (χ0) is 8.93. The number of Topliss-reactive ketones (excluding diaryl/α,β-unsaturated/α-hetero) is 1. The predicted molar refractivity (Wildman–Crippen MR) is 46.7 cm³/mol. The Morgan fingerprint density at radius 3 is 2.92 bits per heavy atom. The highest BCUT2D eigenvalue weighted by Crippen LogP contribution is 2.38. The van der Waals surface area contributed by atoms with Crippen LogP contribution in [0, 0.1) is 0 Å². The van der Waals surface area contributed by atoms with E-state index in [0.717, 1.165) is 0 Å². The highest BCUT2D eigenvalue weighted by molar-refractivity contribution is 6.44. The van der Waals surface area contributed by atoms with Crippen molar-refractivity contribution in [1.82, 2.24) is 0 Å². The number of ketones is 1. The summed E-state index contributed by atoms with van der Waals surface area (Å²) < 4.78 is 5.40. The molecule has 12 heavy (non-hydrogen) atoms. The minimum atomic E-state index is -0.990. The van der Waals surface area contributed by atoms with E-state index in [4.69, 9.17) is 27.9 Å². The summed E-state index contributed by atoms with van der Waals surface area (Å²) in [5, 5.41) is -0.637. The summed E-state index contributed by atoms with van der Waals surface area (Å²) >= 11 is 11.8. The standard InChI is InChI=1S/C8H8Cl2O2/c1-8(10)5-3-2-4(12-5)6(9)7(8)11/h2-6H,1H3/t4-,5+,6?,8?/m1/s1. The first-order valence-corrected chi connectivity index (χ1v) is 4.56. The monoisotopic (exact) mass is 206 g/mol. The van der Waals surface area contributed by atoms with Gasteiger partial charge in [-0.05, 0) is 6.92 Å². The van der Waals surface area contributed by atoms with Crippen LogP contribution >= 0.6 is 23.2 Å². The minimum Gasteiger partial charge on any atom is -0.363 e. The van der Waals surface area contributed by atoms with Gasteiger partial charge < -0.3 is 4.74 Å². The molecule has 1 fully saturated rings. The van der Waals surface area contributed by atoms with E-state index in [1.54, 1.807) is 19.1 Å². The molecule has 0 aromatic carbocycles. The maximum absolute atomic E-state index is 11.5. The van der Waals surface area contributed by atoms with Gasteiger partial charge in [0.05, 0.1) is 0 Å². The molecular weight excluding hydrogens is 199 g/mol. The molecule has 2 heterocycles. The smallest absolute Gasteiger partial charge is 0.177 e. The molecule has 2 bridgehead atoms. The van der Waals surface area contributed by atoms with Gasteiger partial charge in [0.2, 0.25) is 0 Å². The molecule has 0 amide bonds. The van der Waals surface area contributed by atoms with Gasteiger partial charge in [-0.3, -0.25) is 4.79 Å². The molecule has 2 unspecified atom stereocenters. The van der Waals surface area contributed by atoms with Crippen molar-refractivity contribution in [2.75, 3.05) is 0 Å². The van der Waals surface area contributed by atoms with Gasteiger partial charge in [0.25, 0.3) is 0 Å². The number of hydrogen-bond acceptors (Lipinski definition) is 2. The van der Waals surface area contributed by atoms with Crippen molar-refractivity contribution in [3.63, 3.8) is 0 Å². The quantitative estimate of drug-likeness (QED) is 0.444. The first-order valence-electron chi connectivity index (χ1n) is 3.74. The van der Waals surface area contributed by atoms with E-state index in [1.165, 1.54) is 0 Å². The number of carbonyl (C=O) groups is 1. The Bertz CT molecular complexity index is 260. The van der Waals surface area contributed by atoms with Crippen LogP contribution in [0.4, 0.5) is 0 Å². The Labute approximate surface area is 80.5 Å². The van der Waals surface area contributed by atoms with Crippen molar-refractivity contribution >= 4 is 29.0 Å². The molecule has 0 N–H and O–H groups in total. The molecule has 2 aliphatic rings. The molecule has 4 heteroatoms. The molecule has 0 aromatic heterocycles. The van der Waals surface area contributed by atoms with Gasteiger partial charge >= 0.3 is 0 Å². The summed E-state index contributed by atoms with van der Waals surface area (Å²) in [6.45, 7) is 1.64. The third kappa shape index (κ3) is 0.951. The molecule has 2 aliphatic heterocycles. The highest BCUT2D eigenvalue weighted by atomic mass is 35.5. The Morgan fingerprint density at radius 2 is 2.25 bits per heavy atom. The van der Waals surface area contributed by atoms with Gasteiger partial charge in [0.1, 0.15) is 22.5 Å². The average molecular weight is 207 g/mol. The molecule has 0 aromatic rings. The first kappa shape index (κ1) is 8.54. The summed E-state index contributed by atoms with van der Waals surface area (Å²) in [4.78, 5) is 10.5. The normalized spacial score (nSPS) is 51.6. The molecular formula is C8H8Cl2O2. The minimum absolute atomic E-state index is 0.142. The number of rotatable bonds is 0. The van der Waals surface area contributed by atoms with E-state index in [-0.39, 0.29) is 18.0 Å². The molecule has 0 radical (unpaired) electrons. The van der Waals surface area contributed by atoms with Gasteiger partial charge in [0.15, 0.2) is 5.78 Å². The third-order valence-corrected chi connectivity index (χ3v) is 3.18. The number of carbonyl (C=O) groups excluding carboxylic acids is 1. The topological polar surface area (TPSA) is 26.3 Å². The molecule has 0 aliphatic carbocycles. The zero-order valence-electron chi connectivity index (χ0n) is 6.46. The van der Waals surface area contributed by atoms with E-state index in [1.807, 2.05) is 0 Å². The van der Waals surface area contributed by atoms with Crippen molar-refractivity contribution in [3.05, 3.63) is 12.2 Å². The fourth-order valence-corrected chi connectivity index (χ4v) is 2.17. The van der Waals surface area contributed by atoms with E-state index in [2.05, 4.69) is 0 Å². The fraction of sp³-hybridized carbons (Fsp3) is 0.625. The van der Waals surface area contributed by atoms with Crippen LogP contribution in [0.25, 0.3) is 0 Å². The molecule has 0 spiro atoms. The number of hydrogen-bond donors (Lipinski definition) is 0. The predicted octanol–water partition coefficient (Wildman–Crippen LogP) is 1.50. The maximum Gasteiger partial charge on any atom is 0.177 e. The lowest BCUT2D eigenvalue weighted by Gasteiger charge is -2.35. The van der Waals surface area contributed by atoms with Crippen molar-refractivity contribution in [3.8, 4) is 0 Å². The van der Waals surface area contributed by atoms with Crippen LogP contribution in [-0.2, 0) is 9.53 Å². The largest absolute Gasteiger partial charge is 0.363 e. The second kappa shape index (κ2) is 2.47. The molecule has 2 rings (SSSR count). The number of ether oxygens (including phenoxy) is 1. The third-order valence-electron chi connectivity index (χ3n) is 2.33. The van der Waals surface area contributed by atoms with Crippen LogP contribution < -0.4 is 0 Å². The summed E-state index contributed by atoms with van der Waals surface area (Å²) in [6.07, 6.45) is 3.01. The Kier molecular flexibility index (Phi) is 1.76. The van der Waals surface area contributed by atoms with Gasteiger partial charge in [-0.2, -0.15) is 0 Å². The second-order valence-electron chi connectivity index (χ2n) is 3.25. The number of alkyl halides is 2. The van der Waals surface area contributed by atoms with Gasteiger partial charge in [-0.25, -0.2) is 0 Å². The van der Waals surface area contributed by atoms with Crippen LogP contribution in [0.1, 0.15) is 6.92 Å². The SMILES string of the molecule is CC1(Cl)C(=O)C(Cl)[C@H]2C=C[C@@H]1O2. The van der Waals surface area contributed by atoms with E-state index >= 15 is 0 Å². The summed E-state index contributed by atoms with van der Waals surface area (Å²) in [7, 11) is 0. The lowest BCUT2D eigenvalue weighted by atomic mass is 9.94. The molecule has 4 atom stereocenters. The zero-order valence-corrected chi connectivity index (χ0v) is 7.97. The first-order chi connectivity index (χ1) is 5.53. The maximum atomic E-state index is 11.5. The van der Waals surface area contributed by atoms with Crippen LogP contribution in [-0.4, -0.2) is 28.2 Å². The van der Waals surface area contributed by atoms with Gasteiger partial charge in [-0.1, -0.05) is 12.2 Å². The van der Waals surface area contributed by atoms with Crippen LogP contribution in [0.3, 0.4) is 0 Å². The molecule has 66 valence electrons. The van der Waals surface area contributed by atoms with Gasteiger partial charge in [-0.15, -0.1) is 23.2 Å². The summed E-state index contributed by atoms with van der Waals surface area (Å²) in [6, 6.07) is 0. The van der Waals surface area contributed by atoms with Crippen molar-refractivity contribution in [2.24, 2.45) is 0 Å². The van der Waals surface area contributed by atoms with Crippen LogP contribution in [0.15, 0.2) is 12.2 Å².